The van der Waals surface area contributed by atoms with Crippen molar-refractivity contribution in [3.8, 4) is 5.88 Å². The molecule has 0 radical (unpaired) electrons. The van der Waals surface area contributed by atoms with Crippen LogP contribution in [0, 0.1) is 12.3 Å². The number of pyridine rings is 1. The molecule has 27 heavy (non-hydrogen) atoms. The topological polar surface area (TPSA) is 97.7 Å². The largest absolute Gasteiger partial charge is 0.481 e. The number of aromatic nitrogens is 1. The Labute approximate surface area is 159 Å². The number of nitrogens with one attached hydrogen (secondary N) is 3. The minimum atomic E-state index is -0.0217. The summed E-state index contributed by atoms with van der Waals surface area (Å²) in [5.41, 5.74) is 3.58. The number of nitrogens with zero attached hydrogens (tertiary/aromatic N) is 1. The van der Waals surface area contributed by atoms with Crippen LogP contribution in [0.15, 0.2) is 23.5 Å². The standard InChI is InChI=1S/C19H28N4O4/c1-13-9-14(10-22-19(13)24-2)23-17-4-7-25-6-3-16(17)18(20)27-12-15-11-21-5-8-26-15/h9-10,15,20-21,23H,3-8,11-12H2,1-2H3/t15-/m0/s1. The van der Waals surface area contributed by atoms with Gasteiger partial charge in [0.05, 0.1) is 38.8 Å². The zero-order valence-corrected chi connectivity index (χ0v) is 16.0. The van der Waals surface area contributed by atoms with Gasteiger partial charge in [0, 0.05) is 42.8 Å². The lowest BCUT2D eigenvalue weighted by molar-refractivity contribution is -0.00288. The first kappa shape index (κ1) is 19.6. The van der Waals surface area contributed by atoms with Crippen molar-refractivity contribution in [3.05, 3.63) is 29.1 Å². The SMILES string of the molecule is COc1ncc(NC2=C(C(=N)OC[C@@H]3CNCCO3)CCOCC2)cc1C. The highest BCUT2D eigenvalue weighted by molar-refractivity contribution is 5.92. The lowest BCUT2D eigenvalue weighted by Crippen LogP contribution is -2.41. The molecule has 2 aliphatic rings. The summed E-state index contributed by atoms with van der Waals surface area (Å²) in [4.78, 5) is 4.31. The normalized spacial score (nSPS) is 20.7. The van der Waals surface area contributed by atoms with E-state index in [1.807, 2.05) is 13.0 Å². The Morgan fingerprint density at radius 2 is 2.22 bits per heavy atom. The Kier molecular flexibility index (Phi) is 7.03. The van der Waals surface area contributed by atoms with Crippen LogP contribution in [-0.2, 0) is 14.2 Å². The van der Waals surface area contributed by atoms with E-state index >= 15 is 0 Å². The van der Waals surface area contributed by atoms with Crippen molar-refractivity contribution in [1.29, 1.82) is 5.41 Å². The van der Waals surface area contributed by atoms with Crippen LogP contribution in [-0.4, -0.2) is 63.6 Å². The number of hydrogen-bond acceptors (Lipinski definition) is 8. The molecule has 1 fully saturated rings. The van der Waals surface area contributed by atoms with E-state index < -0.39 is 0 Å². The number of anilines is 1. The van der Waals surface area contributed by atoms with E-state index in [4.69, 9.17) is 24.4 Å². The van der Waals surface area contributed by atoms with Crippen molar-refractivity contribution in [2.24, 2.45) is 0 Å². The molecular formula is C19H28N4O4. The van der Waals surface area contributed by atoms with Crippen molar-refractivity contribution in [1.82, 2.24) is 10.3 Å². The van der Waals surface area contributed by atoms with Gasteiger partial charge in [-0.15, -0.1) is 0 Å². The predicted octanol–water partition coefficient (Wildman–Crippen LogP) is 1.86. The van der Waals surface area contributed by atoms with Crippen LogP contribution in [0.2, 0.25) is 0 Å². The average molecular weight is 376 g/mol. The number of aryl methyl sites for hydroxylation is 1. The minimum Gasteiger partial charge on any atom is -0.481 e. The molecule has 3 N–H and O–H groups in total. The van der Waals surface area contributed by atoms with Gasteiger partial charge in [0.25, 0.3) is 0 Å². The number of hydrogen-bond donors (Lipinski definition) is 3. The van der Waals surface area contributed by atoms with Crippen LogP contribution in [0.5, 0.6) is 5.88 Å². The fourth-order valence-corrected chi connectivity index (χ4v) is 3.15. The zero-order chi connectivity index (χ0) is 19.1. The first-order chi connectivity index (χ1) is 13.2. The minimum absolute atomic E-state index is 0.0217. The van der Waals surface area contributed by atoms with Gasteiger partial charge in [0.1, 0.15) is 12.7 Å². The van der Waals surface area contributed by atoms with E-state index in [9.17, 15) is 0 Å². The number of rotatable bonds is 6. The van der Waals surface area contributed by atoms with Crippen molar-refractivity contribution < 1.29 is 18.9 Å². The number of morpholine rings is 1. The van der Waals surface area contributed by atoms with Crippen molar-refractivity contribution >= 4 is 11.6 Å². The van der Waals surface area contributed by atoms with Crippen molar-refractivity contribution in [3.63, 3.8) is 0 Å². The summed E-state index contributed by atoms with van der Waals surface area (Å²) < 4.78 is 22.2. The Bertz CT molecular complexity index is 686. The maximum Gasteiger partial charge on any atom is 0.216 e. The van der Waals surface area contributed by atoms with E-state index in [0.29, 0.717) is 45.1 Å². The van der Waals surface area contributed by atoms with Crippen LogP contribution >= 0.6 is 0 Å². The molecule has 0 saturated carbocycles. The van der Waals surface area contributed by atoms with Gasteiger partial charge in [0.15, 0.2) is 0 Å². The lowest BCUT2D eigenvalue weighted by Gasteiger charge is -2.24. The average Bonchev–Trinajstić information content (AvgIpc) is 2.92. The van der Waals surface area contributed by atoms with E-state index in [-0.39, 0.29) is 12.0 Å². The van der Waals surface area contributed by atoms with Gasteiger partial charge in [-0.1, -0.05) is 0 Å². The molecule has 148 valence electrons. The molecule has 3 heterocycles. The second kappa shape index (κ2) is 9.68. The van der Waals surface area contributed by atoms with E-state index in [1.165, 1.54) is 0 Å². The summed E-state index contributed by atoms with van der Waals surface area (Å²) >= 11 is 0. The summed E-state index contributed by atoms with van der Waals surface area (Å²) in [6.07, 6.45) is 3.03. The third-order valence-corrected chi connectivity index (χ3v) is 4.57. The van der Waals surface area contributed by atoms with Crippen LogP contribution < -0.4 is 15.4 Å². The maximum absolute atomic E-state index is 8.41. The number of ether oxygens (including phenoxy) is 4. The van der Waals surface area contributed by atoms with Gasteiger partial charge in [-0.2, -0.15) is 0 Å². The van der Waals surface area contributed by atoms with Gasteiger partial charge >= 0.3 is 0 Å². The molecule has 1 saturated heterocycles. The molecule has 0 aliphatic carbocycles. The molecule has 1 aromatic heterocycles. The first-order valence-electron chi connectivity index (χ1n) is 9.29. The summed E-state index contributed by atoms with van der Waals surface area (Å²) in [5, 5.41) is 15.1. The molecular weight excluding hydrogens is 348 g/mol. The van der Waals surface area contributed by atoms with E-state index in [0.717, 1.165) is 35.6 Å². The molecule has 0 amide bonds. The lowest BCUT2D eigenvalue weighted by atomic mass is 10.1. The van der Waals surface area contributed by atoms with E-state index in [1.54, 1.807) is 13.3 Å². The fourth-order valence-electron chi connectivity index (χ4n) is 3.15. The Hall–Kier alpha value is -2.16. The highest BCUT2D eigenvalue weighted by atomic mass is 16.5. The molecule has 3 rings (SSSR count). The monoisotopic (exact) mass is 376 g/mol. The fraction of sp³-hybridized carbons (Fsp3) is 0.579. The molecule has 0 unspecified atom stereocenters. The summed E-state index contributed by atoms with van der Waals surface area (Å²) in [6, 6.07) is 1.98. The predicted molar refractivity (Wildman–Crippen MR) is 103 cm³/mol. The third kappa shape index (κ3) is 5.41. The molecule has 0 bridgehead atoms. The molecule has 2 aliphatic heterocycles. The van der Waals surface area contributed by atoms with Crippen LogP contribution in [0.3, 0.4) is 0 Å². The van der Waals surface area contributed by atoms with Gasteiger partial charge in [-0.3, -0.25) is 5.41 Å². The molecule has 8 heteroatoms. The van der Waals surface area contributed by atoms with Gasteiger partial charge < -0.3 is 29.6 Å². The molecule has 1 atom stereocenters. The van der Waals surface area contributed by atoms with E-state index in [2.05, 4.69) is 15.6 Å². The maximum atomic E-state index is 8.41. The highest BCUT2D eigenvalue weighted by Crippen LogP contribution is 2.24. The second-order valence-electron chi connectivity index (χ2n) is 6.58. The third-order valence-electron chi connectivity index (χ3n) is 4.57. The molecule has 0 aromatic carbocycles. The number of methoxy groups -OCH3 is 1. The smallest absolute Gasteiger partial charge is 0.216 e. The van der Waals surface area contributed by atoms with Crippen LogP contribution in [0.1, 0.15) is 18.4 Å². The van der Waals surface area contributed by atoms with Gasteiger partial charge in [0.2, 0.25) is 11.8 Å². The Morgan fingerprint density at radius 3 is 2.96 bits per heavy atom. The van der Waals surface area contributed by atoms with Gasteiger partial charge in [-0.25, -0.2) is 4.98 Å². The second-order valence-corrected chi connectivity index (χ2v) is 6.58. The molecule has 0 spiro atoms. The highest BCUT2D eigenvalue weighted by Gasteiger charge is 2.20. The molecule has 1 aromatic rings. The van der Waals surface area contributed by atoms with Crippen molar-refractivity contribution in [2.45, 2.75) is 25.9 Å². The first-order valence-corrected chi connectivity index (χ1v) is 9.29. The summed E-state index contributed by atoms with van der Waals surface area (Å²) in [7, 11) is 1.61. The quantitative estimate of drug-likeness (QED) is 0.515. The van der Waals surface area contributed by atoms with Crippen molar-refractivity contribution in [2.75, 3.05) is 51.9 Å². The summed E-state index contributed by atoms with van der Waals surface area (Å²) in [6.45, 7) is 5.79. The zero-order valence-electron chi connectivity index (χ0n) is 16.0. The van der Waals surface area contributed by atoms with Crippen LogP contribution in [0.25, 0.3) is 0 Å². The van der Waals surface area contributed by atoms with Gasteiger partial charge in [-0.05, 0) is 13.0 Å². The summed E-state index contributed by atoms with van der Waals surface area (Å²) in [5.74, 6) is 0.784. The van der Waals surface area contributed by atoms with Crippen LogP contribution in [0.4, 0.5) is 5.69 Å². The Morgan fingerprint density at radius 1 is 1.37 bits per heavy atom. The Balaban J connectivity index is 1.70. The molecule has 8 nitrogen and oxygen atoms in total.